The van der Waals surface area contributed by atoms with Crippen LogP contribution in [0.3, 0.4) is 0 Å². The van der Waals surface area contributed by atoms with Gasteiger partial charge < -0.3 is 5.11 Å². The van der Waals surface area contributed by atoms with Crippen molar-refractivity contribution in [3.63, 3.8) is 0 Å². The van der Waals surface area contributed by atoms with Crippen LogP contribution in [0.1, 0.15) is 43.2 Å². The maximum absolute atomic E-state index is 10.4. The molecule has 0 amide bonds. The third-order valence-corrected chi connectivity index (χ3v) is 3.63. The molecule has 0 heterocycles. The molecule has 1 aliphatic rings. The third-order valence-electron chi connectivity index (χ3n) is 3.63. The molecule has 0 aliphatic heterocycles. The van der Waals surface area contributed by atoms with Crippen LogP contribution in [0, 0.1) is 23.7 Å². The van der Waals surface area contributed by atoms with Gasteiger partial charge in [-0.25, -0.2) is 0 Å². The van der Waals surface area contributed by atoms with E-state index < -0.39 is 5.60 Å². The average Bonchev–Trinajstić information content (AvgIpc) is 2.47. The Balaban J connectivity index is 2.01. The molecule has 1 aromatic carbocycles. The van der Waals surface area contributed by atoms with Crippen LogP contribution < -0.4 is 0 Å². The van der Waals surface area contributed by atoms with Crippen molar-refractivity contribution in [3.05, 3.63) is 35.4 Å². The zero-order valence-corrected chi connectivity index (χ0v) is 12.9. The van der Waals surface area contributed by atoms with Gasteiger partial charge >= 0.3 is 0 Å². The molecule has 0 unspecified atom stereocenters. The van der Waals surface area contributed by atoms with E-state index >= 15 is 0 Å². The summed E-state index contributed by atoms with van der Waals surface area (Å²) >= 11 is 0. The lowest BCUT2D eigenvalue weighted by atomic mass is 9.85. The Bertz CT molecular complexity index is 572. The highest BCUT2D eigenvalue weighted by Gasteiger charge is 2.26. The minimum atomic E-state index is -0.775. The van der Waals surface area contributed by atoms with E-state index in [0.717, 1.165) is 43.4 Å². The second-order valence-electron chi connectivity index (χ2n) is 5.96. The van der Waals surface area contributed by atoms with E-state index in [4.69, 9.17) is 0 Å². The maximum atomic E-state index is 10.4. The summed E-state index contributed by atoms with van der Waals surface area (Å²) in [6.45, 7) is 0.759. The number of aliphatic hydroxyl groups is 1. The van der Waals surface area contributed by atoms with Crippen LogP contribution in [0.4, 0.5) is 0 Å². The van der Waals surface area contributed by atoms with Gasteiger partial charge in [0.15, 0.2) is 0 Å². The van der Waals surface area contributed by atoms with Gasteiger partial charge in [-0.1, -0.05) is 30.1 Å². The van der Waals surface area contributed by atoms with Crippen molar-refractivity contribution in [2.45, 2.75) is 37.7 Å². The smallest absolute Gasteiger partial charge is 0.125 e. The lowest BCUT2D eigenvalue weighted by molar-refractivity contribution is 0.0610. The summed E-state index contributed by atoms with van der Waals surface area (Å²) < 4.78 is 0. The van der Waals surface area contributed by atoms with Crippen molar-refractivity contribution >= 4 is 0 Å². The van der Waals surface area contributed by atoms with Crippen LogP contribution in [0.5, 0.6) is 0 Å². The van der Waals surface area contributed by atoms with Crippen LogP contribution in [0.25, 0.3) is 0 Å². The first-order chi connectivity index (χ1) is 10.1. The predicted molar refractivity (Wildman–Crippen MR) is 86.8 cm³/mol. The van der Waals surface area contributed by atoms with E-state index in [1.165, 1.54) is 6.42 Å². The van der Waals surface area contributed by atoms with Crippen molar-refractivity contribution in [2.24, 2.45) is 0 Å². The molecule has 2 rings (SSSR count). The van der Waals surface area contributed by atoms with Gasteiger partial charge in [0.1, 0.15) is 5.60 Å². The molecular weight excluding hydrogens is 258 g/mol. The lowest BCUT2D eigenvalue weighted by Crippen LogP contribution is -2.29. The third kappa shape index (κ3) is 5.27. The van der Waals surface area contributed by atoms with E-state index in [-0.39, 0.29) is 0 Å². The van der Waals surface area contributed by atoms with Gasteiger partial charge in [0, 0.05) is 11.1 Å². The number of hydrogen-bond donors (Lipinski definition) is 1. The summed E-state index contributed by atoms with van der Waals surface area (Å²) in [4.78, 5) is 2.04. The Morgan fingerprint density at radius 1 is 1.00 bits per heavy atom. The second-order valence-corrected chi connectivity index (χ2v) is 5.96. The first kappa shape index (κ1) is 15.6. The largest absolute Gasteiger partial charge is 0.378 e. The fourth-order valence-electron chi connectivity index (χ4n) is 2.39. The first-order valence-electron chi connectivity index (χ1n) is 7.57. The molecule has 1 aromatic rings. The van der Waals surface area contributed by atoms with Gasteiger partial charge in [0.25, 0.3) is 0 Å². The Morgan fingerprint density at radius 2 is 1.57 bits per heavy atom. The van der Waals surface area contributed by atoms with E-state index in [9.17, 15) is 5.11 Å². The van der Waals surface area contributed by atoms with Gasteiger partial charge in [-0.2, -0.15) is 0 Å². The standard InChI is InChI=1S/C19H23NO/c1-20(2)16-6-7-17-8-10-18(11-9-17)12-15-19(21)13-4-3-5-14-19/h8-11,21H,3-5,13-14,16H2,1-2H3. The second kappa shape index (κ2) is 7.32. The van der Waals surface area contributed by atoms with Crippen LogP contribution in [0.2, 0.25) is 0 Å². The highest BCUT2D eigenvalue weighted by molar-refractivity contribution is 5.42. The number of benzene rings is 1. The summed E-state index contributed by atoms with van der Waals surface area (Å²) in [5, 5.41) is 10.4. The van der Waals surface area contributed by atoms with Crippen molar-refractivity contribution in [3.8, 4) is 23.7 Å². The molecule has 1 aliphatic carbocycles. The predicted octanol–water partition coefficient (Wildman–Crippen LogP) is 2.65. The lowest BCUT2D eigenvalue weighted by Gasteiger charge is -2.26. The van der Waals surface area contributed by atoms with E-state index in [1.54, 1.807) is 0 Å². The summed E-state index contributed by atoms with van der Waals surface area (Å²) in [6, 6.07) is 7.91. The number of hydrogen-bond acceptors (Lipinski definition) is 2. The van der Waals surface area contributed by atoms with E-state index in [2.05, 4.69) is 23.7 Å². The first-order valence-corrected chi connectivity index (χ1v) is 7.57. The van der Waals surface area contributed by atoms with Crippen molar-refractivity contribution in [1.29, 1.82) is 0 Å². The van der Waals surface area contributed by atoms with Crippen LogP contribution in [-0.2, 0) is 0 Å². The van der Waals surface area contributed by atoms with Gasteiger partial charge in [0.05, 0.1) is 6.54 Å². The number of nitrogens with zero attached hydrogens (tertiary/aromatic N) is 1. The molecule has 0 bridgehead atoms. The van der Waals surface area contributed by atoms with Gasteiger partial charge in [-0.15, -0.1) is 0 Å². The summed E-state index contributed by atoms with van der Waals surface area (Å²) in [5.74, 6) is 12.4. The molecule has 2 nitrogen and oxygen atoms in total. The van der Waals surface area contributed by atoms with Gasteiger partial charge in [-0.3, -0.25) is 4.90 Å². The van der Waals surface area contributed by atoms with Crippen LogP contribution >= 0.6 is 0 Å². The normalized spacial score (nSPS) is 16.6. The SMILES string of the molecule is CN(C)CC#Cc1ccc(C#CC2(O)CCCCC2)cc1. The quantitative estimate of drug-likeness (QED) is 0.800. The molecule has 0 aromatic heterocycles. The Labute approximate surface area is 128 Å². The van der Waals surface area contributed by atoms with Gasteiger partial charge in [-0.05, 0) is 64.0 Å². The van der Waals surface area contributed by atoms with Crippen molar-refractivity contribution in [2.75, 3.05) is 20.6 Å². The van der Waals surface area contributed by atoms with Crippen molar-refractivity contribution in [1.82, 2.24) is 4.90 Å². The van der Waals surface area contributed by atoms with Crippen molar-refractivity contribution < 1.29 is 5.11 Å². The monoisotopic (exact) mass is 281 g/mol. The zero-order chi connectivity index (χ0) is 15.1. The molecule has 0 spiro atoms. The molecule has 1 saturated carbocycles. The topological polar surface area (TPSA) is 23.5 Å². The fraction of sp³-hybridized carbons (Fsp3) is 0.474. The molecule has 1 N–H and O–H groups in total. The zero-order valence-electron chi connectivity index (χ0n) is 12.9. The highest BCUT2D eigenvalue weighted by atomic mass is 16.3. The van der Waals surface area contributed by atoms with Crippen LogP contribution in [-0.4, -0.2) is 36.2 Å². The molecule has 0 radical (unpaired) electrons. The molecule has 21 heavy (non-hydrogen) atoms. The van der Waals surface area contributed by atoms with Crippen LogP contribution in [0.15, 0.2) is 24.3 Å². The molecule has 0 atom stereocenters. The van der Waals surface area contributed by atoms with E-state index in [0.29, 0.717) is 0 Å². The average molecular weight is 281 g/mol. The highest BCUT2D eigenvalue weighted by Crippen LogP contribution is 2.27. The molecule has 110 valence electrons. The summed E-state index contributed by atoms with van der Waals surface area (Å²) in [5.41, 5.74) is 1.16. The summed E-state index contributed by atoms with van der Waals surface area (Å²) in [6.07, 6.45) is 4.96. The molecule has 2 heteroatoms. The Kier molecular flexibility index (Phi) is 5.45. The number of rotatable bonds is 1. The van der Waals surface area contributed by atoms with E-state index in [1.807, 2.05) is 43.3 Å². The minimum absolute atomic E-state index is 0.759. The Hall–Kier alpha value is -1.74. The fourth-order valence-corrected chi connectivity index (χ4v) is 2.39. The Morgan fingerprint density at radius 3 is 2.14 bits per heavy atom. The minimum Gasteiger partial charge on any atom is -0.378 e. The molecule has 0 saturated heterocycles. The van der Waals surface area contributed by atoms with Gasteiger partial charge in [0.2, 0.25) is 0 Å². The molecule has 1 fully saturated rings. The molecular formula is C19H23NO. The summed E-state index contributed by atoms with van der Waals surface area (Å²) in [7, 11) is 4.01. The maximum Gasteiger partial charge on any atom is 0.125 e.